The molecule has 0 amide bonds. The Hall–Kier alpha value is 0.250. The van der Waals surface area contributed by atoms with Crippen LogP contribution in [0.25, 0.3) is 0 Å². The number of thiophene rings is 1. The van der Waals surface area contributed by atoms with Crippen molar-refractivity contribution in [1.82, 2.24) is 10.3 Å². The number of thiazole rings is 1. The summed E-state index contributed by atoms with van der Waals surface area (Å²) in [4.78, 5) is 7.71. The first-order valence-corrected chi connectivity index (χ1v) is 10.1. The highest BCUT2D eigenvalue weighted by Gasteiger charge is 2.24. The van der Waals surface area contributed by atoms with Crippen LogP contribution in [-0.4, -0.2) is 11.5 Å². The Morgan fingerprint density at radius 3 is 2.85 bits per heavy atom. The summed E-state index contributed by atoms with van der Waals surface area (Å²) >= 11 is 10.9. The Morgan fingerprint density at radius 1 is 1.35 bits per heavy atom. The molecule has 1 aliphatic rings. The topological polar surface area (TPSA) is 24.9 Å². The van der Waals surface area contributed by atoms with E-state index in [4.69, 9.17) is 4.98 Å². The first-order valence-electron chi connectivity index (χ1n) is 6.85. The molecule has 1 N–H and O–H groups in total. The fraction of sp³-hybridized carbons (Fsp3) is 0.500. The molecule has 108 valence electrons. The fourth-order valence-corrected chi connectivity index (χ4v) is 5.93. The smallest absolute Gasteiger partial charge is 0.115 e. The van der Waals surface area contributed by atoms with Gasteiger partial charge in [0.2, 0.25) is 0 Å². The maximum Gasteiger partial charge on any atom is 0.115 e. The van der Waals surface area contributed by atoms with Gasteiger partial charge in [0, 0.05) is 14.2 Å². The molecule has 2 aromatic rings. The van der Waals surface area contributed by atoms with Crippen LogP contribution in [0.3, 0.4) is 0 Å². The summed E-state index contributed by atoms with van der Waals surface area (Å²) in [5.74, 6) is 0. The van der Waals surface area contributed by atoms with Gasteiger partial charge in [-0.3, -0.25) is 0 Å². The van der Waals surface area contributed by atoms with Gasteiger partial charge in [-0.15, -0.1) is 22.7 Å². The van der Waals surface area contributed by atoms with Gasteiger partial charge in [-0.05, 0) is 70.2 Å². The number of nitrogens with one attached hydrogen (secondary N) is 1. The number of fused-ring (bicyclic) bond motifs is 1. The number of aromatic nitrogens is 1. The average molecular weight is 436 g/mol. The van der Waals surface area contributed by atoms with E-state index in [9.17, 15) is 0 Å². The van der Waals surface area contributed by atoms with Crippen LogP contribution in [0.2, 0.25) is 0 Å². The zero-order chi connectivity index (χ0) is 14.1. The third kappa shape index (κ3) is 3.04. The molecular weight excluding hydrogens is 420 g/mol. The number of hydrogen-bond acceptors (Lipinski definition) is 4. The molecule has 1 atom stereocenters. The predicted molar refractivity (Wildman–Crippen MR) is 94.0 cm³/mol. The van der Waals surface area contributed by atoms with Crippen LogP contribution in [0.15, 0.2) is 14.3 Å². The van der Waals surface area contributed by atoms with Gasteiger partial charge >= 0.3 is 0 Å². The van der Waals surface area contributed by atoms with Gasteiger partial charge in [0.15, 0.2) is 0 Å². The second-order valence-electron chi connectivity index (χ2n) is 4.93. The minimum absolute atomic E-state index is 0.234. The van der Waals surface area contributed by atoms with Crippen molar-refractivity contribution in [3.8, 4) is 0 Å². The van der Waals surface area contributed by atoms with Crippen molar-refractivity contribution >= 4 is 54.5 Å². The molecule has 0 spiro atoms. The summed E-state index contributed by atoms with van der Waals surface area (Å²) in [6.45, 7) is 3.22. The number of nitrogens with zero attached hydrogens (tertiary/aromatic N) is 1. The Labute approximate surface area is 144 Å². The normalized spacial score (nSPS) is 15.6. The van der Waals surface area contributed by atoms with E-state index in [2.05, 4.69) is 50.2 Å². The van der Waals surface area contributed by atoms with Crippen LogP contribution < -0.4 is 5.32 Å². The van der Waals surface area contributed by atoms with Crippen molar-refractivity contribution in [2.45, 2.75) is 38.6 Å². The number of hydrogen-bond donors (Lipinski definition) is 1. The number of halogens is 2. The van der Waals surface area contributed by atoms with Gasteiger partial charge in [0.1, 0.15) is 5.01 Å². The molecule has 0 radical (unpaired) electrons. The highest BCUT2D eigenvalue weighted by molar-refractivity contribution is 9.13. The largest absolute Gasteiger partial charge is 0.304 e. The predicted octanol–water partition coefficient (Wildman–Crippen LogP) is 5.31. The molecule has 3 rings (SSSR count). The van der Waals surface area contributed by atoms with Crippen LogP contribution in [0, 0.1) is 0 Å². The van der Waals surface area contributed by atoms with Crippen molar-refractivity contribution in [3.63, 3.8) is 0 Å². The standard InChI is InChI=1S/C14H16Br2N2S2/c1-2-6-17-12(11-7-8(15)13(16)19-11)14-18-9-4-3-5-10(9)20-14/h7,12,17H,2-6H2,1H3. The maximum absolute atomic E-state index is 4.89. The molecule has 20 heavy (non-hydrogen) atoms. The van der Waals surface area contributed by atoms with E-state index >= 15 is 0 Å². The minimum Gasteiger partial charge on any atom is -0.304 e. The van der Waals surface area contributed by atoms with E-state index in [-0.39, 0.29) is 6.04 Å². The lowest BCUT2D eigenvalue weighted by atomic mass is 10.2. The van der Waals surface area contributed by atoms with Crippen molar-refractivity contribution in [3.05, 3.63) is 34.8 Å². The summed E-state index contributed by atoms with van der Waals surface area (Å²) in [5, 5.41) is 4.87. The summed E-state index contributed by atoms with van der Waals surface area (Å²) in [6.07, 6.45) is 4.78. The Morgan fingerprint density at radius 2 is 2.20 bits per heavy atom. The van der Waals surface area contributed by atoms with Crippen LogP contribution in [-0.2, 0) is 12.8 Å². The molecule has 1 aliphatic carbocycles. The fourth-order valence-electron chi connectivity index (χ4n) is 2.44. The van der Waals surface area contributed by atoms with Crippen LogP contribution >= 0.6 is 54.5 Å². The zero-order valence-electron chi connectivity index (χ0n) is 11.2. The molecule has 2 heterocycles. The minimum atomic E-state index is 0.234. The molecule has 0 bridgehead atoms. The van der Waals surface area contributed by atoms with Gasteiger partial charge < -0.3 is 5.32 Å². The molecule has 6 heteroatoms. The van der Waals surface area contributed by atoms with Crippen molar-refractivity contribution < 1.29 is 0 Å². The summed E-state index contributed by atoms with van der Waals surface area (Å²) in [6, 6.07) is 2.44. The first kappa shape index (κ1) is 15.2. The van der Waals surface area contributed by atoms with Crippen molar-refractivity contribution in [2.24, 2.45) is 0 Å². The third-order valence-corrected chi connectivity index (χ3v) is 7.95. The molecule has 1 unspecified atom stereocenters. The Bertz CT molecular complexity index is 565. The van der Waals surface area contributed by atoms with E-state index in [1.807, 2.05) is 11.3 Å². The maximum atomic E-state index is 4.89. The molecule has 2 nitrogen and oxygen atoms in total. The van der Waals surface area contributed by atoms with E-state index in [0.29, 0.717) is 0 Å². The van der Waals surface area contributed by atoms with Gasteiger partial charge in [0.05, 0.1) is 15.5 Å². The monoisotopic (exact) mass is 434 g/mol. The van der Waals surface area contributed by atoms with Gasteiger partial charge in [-0.1, -0.05) is 6.92 Å². The van der Waals surface area contributed by atoms with E-state index in [1.165, 1.54) is 33.3 Å². The number of aryl methyl sites for hydroxylation is 2. The molecule has 0 saturated heterocycles. The molecule has 2 aromatic heterocycles. The molecule has 0 fully saturated rings. The molecular formula is C14H16Br2N2S2. The Kier molecular flexibility index (Phi) is 4.98. The molecule has 0 saturated carbocycles. The van der Waals surface area contributed by atoms with Gasteiger partial charge in [-0.2, -0.15) is 0 Å². The van der Waals surface area contributed by atoms with Crippen LogP contribution in [0.4, 0.5) is 0 Å². The quantitative estimate of drug-likeness (QED) is 0.688. The van der Waals surface area contributed by atoms with Crippen LogP contribution in [0.5, 0.6) is 0 Å². The van der Waals surface area contributed by atoms with E-state index in [1.54, 1.807) is 11.3 Å². The van der Waals surface area contributed by atoms with Crippen molar-refractivity contribution in [1.29, 1.82) is 0 Å². The second-order valence-corrected chi connectivity index (χ2v) is 9.30. The van der Waals surface area contributed by atoms with E-state index in [0.717, 1.165) is 27.6 Å². The molecule has 0 aromatic carbocycles. The average Bonchev–Trinajstić information content (AvgIpc) is 3.06. The van der Waals surface area contributed by atoms with Crippen LogP contribution in [0.1, 0.15) is 46.3 Å². The second kappa shape index (κ2) is 6.57. The first-order chi connectivity index (χ1) is 9.69. The Balaban J connectivity index is 1.92. The molecule has 0 aliphatic heterocycles. The lowest BCUT2D eigenvalue weighted by Gasteiger charge is -2.14. The number of rotatable bonds is 5. The van der Waals surface area contributed by atoms with Crippen molar-refractivity contribution in [2.75, 3.05) is 6.54 Å². The van der Waals surface area contributed by atoms with Gasteiger partial charge in [-0.25, -0.2) is 4.98 Å². The highest BCUT2D eigenvalue weighted by Crippen LogP contribution is 2.40. The van der Waals surface area contributed by atoms with E-state index < -0.39 is 0 Å². The summed E-state index contributed by atoms with van der Waals surface area (Å²) < 4.78 is 2.28. The summed E-state index contributed by atoms with van der Waals surface area (Å²) in [7, 11) is 0. The zero-order valence-corrected chi connectivity index (χ0v) is 16.0. The third-order valence-electron chi connectivity index (χ3n) is 3.41. The van der Waals surface area contributed by atoms with Gasteiger partial charge in [0.25, 0.3) is 0 Å². The SMILES string of the molecule is CCCNC(c1cc(Br)c(Br)s1)c1nc2c(s1)CCC2. The lowest BCUT2D eigenvalue weighted by molar-refractivity contribution is 0.601. The summed E-state index contributed by atoms with van der Waals surface area (Å²) in [5.41, 5.74) is 1.34. The lowest BCUT2D eigenvalue weighted by Crippen LogP contribution is -2.22. The highest BCUT2D eigenvalue weighted by atomic mass is 79.9.